The number of benzene rings is 1. The van der Waals surface area contributed by atoms with Gasteiger partial charge in [-0.25, -0.2) is 13.1 Å². The highest BCUT2D eigenvalue weighted by atomic mass is 32.2. The second-order valence-electron chi connectivity index (χ2n) is 6.61. The maximum Gasteiger partial charge on any atom is 0.213 e. The summed E-state index contributed by atoms with van der Waals surface area (Å²) >= 11 is 0. The summed E-state index contributed by atoms with van der Waals surface area (Å²) in [4.78, 5) is 0. The second-order valence-corrected chi connectivity index (χ2v) is 8.93. The Hall–Kier alpha value is -1.11. The van der Waals surface area contributed by atoms with Crippen molar-refractivity contribution in [1.82, 2.24) is 4.72 Å². The van der Waals surface area contributed by atoms with Crippen molar-refractivity contribution in [3.8, 4) is 0 Å². The molecule has 0 fully saturated rings. The molecule has 0 amide bonds. The van der Waals surface area contributed by atoms with Crippen LogP contribution in [0.1, 0.15) is 52.5 Å². The van der Waals surface area contributed by atoms with Crippen molar-refractivity contribution < 1.29 is 13.5 Å². The largest absolute Gasteiger partial charge is 0.386 e. The minimum atomic E-state index is -3.14. The molecule has 1 aromatic carbocycles. The average Bonchev–Trinajstić information content (AvgIpc) is 2.45. The lowest BCUT2D eigenvalue weighted by molar-refractivity contribution is 0.0786. The molecule has 0 saturated carbocycles. The normalized spacial score (nSPS) is 12.6. The molecule has 1 aromatic rings. The summed E-state index contributed by atoms with van der Waals surface area (Å²) in [6, 6.07) is 7.76. The molecular formula is C17H30N2O3S. The zero-order valence-corrected chi connectivity index (χ0v) is 15.4. The quantitative estimate of drug-likeness (QED) is 0.571. The Bertz CT molecular complexity index is 560. The zero-order valence-electron chi connectivity index (χ0n) is 14.6. The molecule has 1 rings (SSSR count). The van der Waals surface area contributed by atoms with E-state index in [0.717, 1.165) is 37.1 Å². The minimum Gasteiger partial charge on any atom is -0.386 e. The molecule has 0 aliphatic rings. The van der Waals surface area contributed by atoms with Crippen molar-refractivity contribution >= 4 is 15.7 Å². The summed E-state index contributed by atoms with van der Waals surface area (Å²) in [7, 11) is -3.14. The molecule has 132 valence electrons. The van der Waals surface area contributed by atoms with Crippen LogP contribution in [-0.4, -0.2) is 31.9 Å². The Labute approximate surface area is 140 Å². The smallest absolute Gasteiger partial charge is 0.213 e. The van der Waals surface area contributed by atoms with E-state index in [2.05, 4.69) is 10.0 Å². The maximum absolute atomic E-state index is 11.6. The van der Waals surface area contributed by atoms with E-state index in [9.17, 15) is 13.5 Å². The number of rotatable bonds is 10. The number of aliphatic hydroxyl groups is 1. The van der Waals surface area contributed by atoms with E-state index >= 15 is 0 Å². The van der Waals surface area contributed by atoms with Crippen molar-refractivity contribution in [2.75, 3.05) is 18.4 Å². The molecule has 0 saturated heterocycles. The molecule has 3 N–H and O–H groups in total. The van der Waals surface area contributed by atoms with Crippen molar-refractivity contribution in [2.24, 2.45) is 0 Å². The minimum absolute atomic E-state index is 0.379. The van der Waals surface area contributed by atoms with Gasteiger partial charge in [0.15, 0.2) is 0 Å². The highest BCUT2D eigenvalue weighted by Crippen LogP contribution is 2.21. The van der Waals surface area contributed by atoms with E-state index in [0.29, 0.717) is 6.54 Å². The van der Waals surface area contributed by atoms with Crippen LogP contribution >= 0.6 is 0 Å². The van der Waals surface area contributed by atoms with Gasteiger partial charge in [-0.3, -0.25) is 0 Å². The van der Waals surface area contributed by atoms with Gasteiger partial charge in [0.2, 0.25) is 10.0 Å². The third-order valence-electron chi connectivity index (χ3n) is 3.70. The van der Waals surface area contributed by atoms with Crippen molar-refractivity contribution in [1.29, 1.82) is 0 Å². The second kappa shape index (κ2) is 8.66. The summed E-state index contributed by atoms with van der Waals surface area (Å²) < 4.78 is 25.7. The summed E-state index contributed by atoms with van der Waals surface area (Å²) in [5.74, 6) is 0. The molecule has 0 aromatic heterocycles. The topological polar surface area (TPSA) is 78.4 Å². The number of sulfonamides is 1. The molecule has 0 spiro atoms. The van der Waals surface area contributed by atoms with Crippen LogP contribution in [0.5, 0.6) is 0 Å². The third kappa shape index (κ3) is 7.33. The fraction of sp³-hybridized carbons (Fsp3) is 0.647. The van der Waals surface area contributed by atoms with Crippen LogP contribution in [0.15, 0.2) is 24.3 Å². The first-order valence-electron chi connectivity index (χ1n) is 8.18. The molecule has 6 heteroatoms. The molecule has 0 aliphatic carbocycles. The van der Waals surface area contributed by atoms with E-state index in [1.54, 1.807) is 27.7 Å². The third-order valence-corrected chi connectivity index (χ3v) is 5.55. The highest BCUT2D eigenvalue weighted by Gasteiger charge is 2.15. The number of nitrogens with one attached hydrogen (secondary N) is 2. The molecule has 5 nitrogen and oxygen atoms in total. The van der Waals surface area contributed by atoms with E-state index < -0.39 is 15.6 Å². The summed E-state index contributed by atoms with van der Waals surface area (Å²) in [5.41, 5.74) is 1.10. The zero-order chi connectivity index (χ0) is 17.5. The first kappa shape index (κ1) is 19.9. The molecule has 0 radical (unpaired) electrons. The molecule has 0 unspecified atom stereocenters. The molecular weight excluding hydrogens is 312 g/mol. The van der Waals surface area contributed by atoms with Crippen LogP contribution in [0, 0.1) is 0 Å². The van der Waals surface area contributed by atoms with Gasteiger partial charge in [-0.15, -0.1) is 0 Å². The lowest BCUT2D eigenvalue weighted by atomic mass is 9.98. The standard InChI is InChI=1S/C17H30N2O3S/c1-14(2)23(21,22)19-13-7-5-6-12-18-16-10-8-15(9-11-16)17(3,4)20/h8-11,14,18-20H,5-7,12-13H2,1-4H3. The van der Waals surface area contributed by atoms with Gasteiger partial charge in [-0.2, -0.15) is 0 Å². The predicted molar refractivity (Wildman–Crippen MR) is 96.1 cm³/mol. The monoisotopic (exact) mass is 342 g/mol. The van der Waals surface area contributed by atoms with Crippen molar-refractivity contribution in [3.05, 3.63) is 29.8 Å². The van der Waals surface area contributed by atoms with Crippen LogP contribution in [0.4, 0.5) is 5.69 Å². The van der Waals surface area contributed by atoms with Gasteiger partial charge in [0.05, 0.1) is 10.9 Å². The van der Waals surface area contributed by atoms with Gasteiger partial charge >= 0.3 is 0 Å². The Balaban J connectivity index is 2.18. The number of anilines is 1. The molecule has 0 heterocycles. The van der Waals surface area contributed by atoms with Crippen LogP contribution in [0.25, 0.3) is 0 Å². The Kier molecular flexibility index (Phi) is 7.51. The molecule has 23 heavy (non-hydrogen) atoms. The SMILES string of the molecule is CC(C)S(=O)(=O)NCCCCCNc1ccc(C(C)(C)O)cc1. The van der Waals surface area contributed by atoms with Crippen LogP contribution < -0.4 is 10.0 Å². The number of hydrogen-bond acceptors (Lipinski definition) is 4. The van der Waals surface area contributed by atoms with E-state index in [4.69, 9.17) is 0 Å². The first-order chi connectivity index (χ1) is 10.6. The lowest BCUT2D eigenvalue weighted by Gasteiger charge is -2.18. The van der Waals surface area contributed by atoms with E-state index in [1.165, 1.54) is 0 Å². The van der Waals surface area contributed by atoms with Crippen LogP contribution in [-0.2, 0) is 15.6 Å². The van der Waals surface area contributed by atoms with E-state index in [-0.39, 0.29) is 5.25 Å². The van der Waals surface area contributed by atoms with Gasteiger partial charge < -0.3 is 10.4 Å². The lowest BCUT2D eigenvalue weighted by Crippen LogP contribution is -2.31. The average molecular weight is 343 g/mol. The first-order valence-corrected chi connectivity index (χ1v) is 9.73. The fourth-order valence-corrected chi connectivity index (χ4v) is 2.80. The Morgan fingerprint density at radius 2 is 1.61 bits per heavy atom. The number of unbranched alkanes of at least 4 members (excludes halogenated alkanes) is 2. The van der Waals surface area contributed by atoms with Crippen LogP contribution in [0.2, 0.25) is 0 Å². The summed E-state index contributed by atoms with van der Waals surface area (Å²) in [5, 5.41) is 12.8. The van der Waals surface area contributed by atoms with Gasteiger partial charge in [0.25, 0.3) is 0 Å². The fourth-order valence-electron chi connectivity index (χ4n) is 2.04. The van der Waals surface area contributed by atoms with Crippen LogP contribution in [0.3, 0.4) is 0 Å². The van der Waals surface area contributed by atoms with E-state index in [1.807, 2.05) is 24.3 Å². The summed E-state index contributed by atoms with van der Waals surface area (Å²) in [6.07, 6.45) is 2.79. The van der Waals surface area contributed by atoms with Crippen molar-refractivity contribution in [2.45, 2.75) is 57.8 Å². The molecule has 0 aliphatic heterocycles. The maximum atomic E-state index is 11.6. The van der Waals surface area contributed by atoms with Crippen molar-refractivity contribution in [3.63, 3.8) is 0 Å². The highest BCUT2D eigenvalue weighted by molar-refractivity contribution is 7.90. The predicted octanol–water partition coefficient (Wildman–Crippen LogP) is 2.82. The Morgan fingerprint density at radius 3 is 2.13 bits per heavy atom. The number of hydrogen-bond donors (Lipinski definition) is 3. The summed E-state index contributed by atoms with van der Waals surface area (Å²) in [6.45, 7) is 8.23. The van der Waals surface area contributed by atoms with Gasteiger partial charge in [-0.1, -0.05) is 18.6 Å². The molecule has 0 atom stereocenters. The van der Waals surface area contributed by atoms with Gasteiger partial charge in [0.1, 0.15) is 0 Å². The van der Waals surface area contributed by atoms with Gasteiger partial charge in [0, 0.05) is 18.8 Å². The Morgan fingerprint density at radius 1 is 1.04 bits per heavy atom. The molecule has 0 bridgehead atoms. The van der Waals surface area contributed by atoms with Gasteiger partial charge in [-0.05, 0) is 58.2 Å².